The number of benzene rings is 1. The summed E-state index contributed by atoms with van der Waals surface area (Å²) in [4.78, 5) is 14.3. The number of methoxy groups -OCH3 is 1. The third-order valence-corrected chi connectivity index (χ3v) is 4.48. The Kier molecular flexibility index (Phi) is 6.06. The highest BCUT2D eigenvalue weighted by Gasteiger charge is 2.34. The predicted molar refractivity (Wildman–Crippen MR) is 93.1 cm³/mol. The lowest BCUT2D eigenvalue weighted by atomic mass is 10.1. The van der Waals surface area contributed by atoms with Crippen LogP contribution in [0.25, 0.3) is 0 Å². The molecule has 3 rings (SSSR count). The Balaban J connectivity index is 1.57. The third kappa shape index (κ3) is 4.85. The van der Waals surface area contributed by atoms with Gasteiger partial charge in [-0.2, -0.15) is 13.2 Å². The van der Waals surface area contributed by atoms with Gasteiger partial charge in [-0.25, -0.2) is 4.63 Å². The molecule has 1 fully saturated rings. The van der Waals surface area contributed by atoms with E-state index in [1.807, 2.05) is 0 Å². The molecule has 0 amide bonds. The molecule has 2 aromatic rings. The number of ether oxygens (including phenoxy) is 2. The first-order valence-corrected chi connectivity index (χ1v) is 8.62. The van der Waals surface area contributed by atoms with Crippen molar-refractivity contribution in [3.05, 3.63) is 33.9 Å². The predicted octanol–water partition coefficient (Wildman–Crippen LogP) is 2.21. The van der Waals surface area contributed by atoms with Crippen LogP contribution in [-0.2, 0) is 6.18 Å². The molecule has 10 nitrogen and oxygen atoms in total. The number of anilines is 1. The first-order valence-electron chi connectivity index (χ1n) is 8.62. The fourth-order valence-electron chi connectivity index (χ4n) is 2.98. The van der Waals surface area contributed by atoms with Gasteiger partial charge in [-0.3, -0.25) is 15.0 Å². The van der Waals surface area contributed by atoms with Gasteiger partial charge in [-0.05, 0) is 22.4 Å². The molecule has 0 spiro atoms. The first-order chi connectivity index (χ1) is 13.8. The molecule has 1 saturated heterocycles. The minimum atomic E-state index is -4.63. The molecule has 13 heteroatoms. The number of piperazine rings is 1. The second kappa shape index (κ2) is 8.51. The summed E-state index contributed by atoms with van der Waals surface area (Å²) < 4.78 is 53.4. The van der Waals surface area contributed by atoms with E-state index in [0.717, 1.165) is 12.1 Å². The lowest BCUT2D eigenvalue weighted by Crippen LogP contribution is -2.47. The molecule has 1 aliphatic heterocycles. The minimum Gasteiger partial charge on any atom is -0.475 e. The van der Waals surface area contributed by atoms with Crippen molar-refractivity contribution in [2.24, 2.45) is 0 Å². The molecule has 0 atom stereocenters. The Hall–Kier alpha value is -3.09. The summed E-state index contributed by atoms with van der Waals surface area (Å²) in [5.74, 6) is 0.288. The number of nitro groups is 1. The van der Waals surface area contributed by atoms with Crippen LogP contribution in [0, 0.1) is 10.1 Å². The van der Waals surface area contributed by atoms with Crippen LogP contribution in [0.4, 0.5) is 24.5 Å². The molecule has 158 valence electrons. The standard InChI is InChI=1S/C16H18F3N5O5/c1-27-14-15(21-29-20-14)28-9-8-22-4-6-23(7-5-22)12-3-2-11(16(17,18)19)10-13(12)24(25)26/h2-3,10H,4-9H2,1H3. The van der Waals surface area contributed by atoms with E-state index in [2.05, 4.69) is 19.8 Å². The number of alkyl halides is 3. The molecule has 2 heterocycles. The van der Waals surface area contributed by atoms with E-state index in [-0.39, 0.29) is 17.4 Å². The van der Waals surface area contributed by atoms with Crippen LogP contribution in [0.1, 0.15) is 5.56 Å². The second-order valence-electron chi connectivity index (χ2n) is 6.21. The van der Waals surface area contributed by atoms with Crippen molar-refractivity contribution >= 4 is 11.4 Å². The highest BCUT2D eigenvalue weighted by Crippen LogP contribution is 2.36. The van der Waals surface area contributed by atoms with Crippen LogP contribution in [0.3, 0.4) is 0 Å². The number of nitrogens with zero attached hydrogens (tertiary/aromatic N) is 5. The van der Waals surface area contributed by atoms with Gasteiger partial charge in [0.05, 0.1) is 17.6 Å². The summed E-state index contributed by atoms with van der Waals surface area (Å²) in [6.45, 7) is 2.84. The summed E-state index contributed by atoms with van der Waals surface area (Å²) in [6, 6.07) is 2.60. The van der Waals surface area contributed by atoms with E-state index in [9.17, 15) is 23.3 Å². The number of hydrogen-bond acceptors (Lipinski definition) is 9. The maximum atomic E-state index is 12.8. The number of rotatable bonds is 7. The van der Waals surface area contributed by atoms with Crippen LogP contribution < -0.4 is 14.4 Å². The van der Waals surface area contributed by atoms with Gasteiger partial charge < -0.3 is 14.4 Å². The van der Waals surface area contributed by atoms with Gasteiger partial charge >= 0.3 is 17.9 Å². The molecule has 0 unspecified atom stereocenters. The average molecular weight is 417 g/mol. The zero-order valence-corrected chi connectivity index (χ0v) is 15.4. The molecule has 0 saturated carbocycles. The van der Waals surface area contributed by atoms with Gasteiger partial charge in [0.1, 0.15) is 12.3 Å². The molecular formula is C16H18F3N5O5. The molecule has 0 N–H and O–H groups in total. The first kappa shape index (κ1) is 20.6. The largest absolute Gasteiger partial charge is 0.475 e. The summed E-state index contributed by atoms with van der Waals surface area (Å²) in [5.41, 5.74) is -1.42. The molecule has 0 aliphatic carbocycles. The Morgan fingerprint density at radius 1 is 1.21 bits per heavy atom. The van der Waals surface area contributed by atoms with Gasteiger partial charge in [0.15, 0.2) is 0 Å². The van der Waals surface area contributed by atoms with Gasteiger partial charge in [-0.1, -0.05) is 0 Å². The smallest absolute Gasteiger partial charge is 0.416 e. The fourth-order valence-corrected chi connectivity index (χ4v) is 2.98. The van der Waals surface area contributed by atoms with E-state index in [1.165, 1.54) is 7.11 Å². The fraction of sp³-hybridized carbons (Fsp3) is 0.500. The molecule has 1 aromatic heterocycles. The zero-order chi connectivity index (χ0) is 21.0. The Morgan fingerprint density at radius 2 is 1.90 bits per heavy atom. The van der Waals surface area contributed by atoms with Crippen LogP contribution in [0.15, 0.2) is 22.8 Å². The quantitative estimate of drug-likeness (QED) is 0.495. The number of hydrogen-bond donors (Lipinski definition) is 0. The SMILES string of the molecule is COc1nonc1OCCN1CCN(c2ccc(C(F)(F)F)cc2[N+](=O)[O-])CC1. The molecule has 0 radical (unpaired) electrons. The normalized spacial score (nSPS) is 15.4. The lowest BCUT2D eigenvalue weighted by Gasteiger charge is -2.35. The Labute approximate surface area is 162 Å². The van der Waals surface area contributed by atoms with Gasteiger partial charge in [0.2, 0.25) is 0 Å². The highest BCUT2D eigenvalue weighted by molar-refractivity contribution is 5.65. The van der Waals surface area contributed by atoms with E-state index >= 15 is 0 Å². The van der Waals surface area contributed by atoms with Gasteiger partial charge in [0, 0.05) is 38.8 Å². The summed E-state index contributed by atoms with van der Waals surface area (Å²) >= 11 is 0. The Bertz CT molecular complexity index is 852. The second-order valence-corrected chi connectivity index (χ2v) is 6.21. The highest BCUT2D eigenvalue weighted by atomic mass is 19.4. The van der Waals surface area contributed by atoms with Crippen LogP contribution in [0.5, 0.6) is 11.8 Å². The monoisotopic (exact) mass is 417 g/mol. The van der Waals surface area contributed by atoms with Crippen molar-refractivity contribution in [3.63, 3.8) is 0 Å². The molecular weight excluding hydrogens is 399 g/mol. The van der Waals surface area contributed by atoms with Gasteiger partial charge in [0.25, 0.3) is 5.69 Å². The summed E-state index contributed by atoms with van der Waals surface area (Å²) in [7, 11) is 1.41. The zero-order valence-electron chi connectivity index (χ0n) is 15.4. The van der Waals surface area contributed by atoms with Crippen molar-refractivity contribution in [2.75, 3.05) is 51.3 Å². The molecule has 1 aliphatic rings. The maximum Gasteiger partial charge on any atom is 0.416 e. The molecule has 29 heavy (non-hydrogen) atoms. The number of nitro benzene ring substituents is 1. The Morgan fingerprint density at radius 3 is 2.52 bits per heavy atom. The number of aromatic nitrogens is 2. The molecule has 1 aromatic carbocycles. The van der Waals surface area contributed by atoms with Crippen molar-refractivity contribution in [2.45, 2.75) is 6.18 Å². The van der Waals surface area contributed by atoms with Crippen molar-refractivity contribution in [1.82, 2.24) is 15.2 Å². The third-order valence-electron chi connectivity index (χ3n) is 4.48. The summed E-state index contributed by atoms with van der Waals surface area (Å²) in [5, 5.41) is 18.3. The van der Waals surface area contributed by atoms with Crippen molar-refractivity contribution in [3.8, 4) is 11.8 Å². The molecule has 0 bridgehead atoms. The van der Waals surface area contributed by atoms with Crippen molar-refractivity contribution < 1.29 is 32.2 Å². The van der Waals surface area contributed by atoms with Gasteiger partial charge in [-0.15, -0.1) is 0 Å². The topological polar surface area (TPSA) is 107 Å². The van der Waals surface area contributed by atoms with Crippen molar-refractivity contribution in [1.29, 1.82) is 0 Å². The van der Waals surface area contributed by atoms with Crippen LogP contribution >= 0.6 is 0 Å². The minimum absolute atomic E-state index is 0.143. The average Bonchev–Trinajstić information content (AvgIpc) is 3.15. The van der Waals surface area contributed by atoms with E-state index in [4.69, 9.17) is 9.47 Å². The summed E-state index contributed by atoms with van der Waals surface area (Å²) in [6.07, 6.45) is -4.63. The van der Waals surface area contributed by atoms with Crippen LogP contribution in [-0.4, -0.2) is 66.6 Å². The van der Waals surface area contributed by atoms with Crippen LogP contribution in [0.2, 0.25) is 0 Å². The lowest BCUT2D eigenvalue weighted by molar-refractivity contribution is -0.384. The van der Waals surface area contributed by atoms with E-state index in [1.54, 1.807) is 4.90 Å². The van der Waals surface area contributed by atoms with E-state index in [0.29, 0.717) is 45.4 Å². The maximum absolute atomic E-state index is 12.8. The number of halogens is 3. The van der Waals surface area contributed by atoms with E-state index < -0.39 is 22.4 Å².